The molecule has 0 atom stereocenters. The minimum Gasteiger partial charge on any atom is -0.372 e. The largest absolute Gasteiger partial charge is 0.372 e. The van der Waals surface area contributed by atoms with Gasteiger partial charge in [-0.15, -0.1) is 11.3 Å². The summed E-state index contributed by atoms with van der Waals surface area (Å²) in [6.45, 7) is 2.97. The number of thiazole rings is 1. The smallest absolute Gasteiger partial charge is 0.246 e. The molecule has 0 radical (unpaired) electrons. The third-order valence-corrected chi connectivity index (χ3v) is 3.70. The van der Waals surface area contributed by atoms with Crippen molar-refractivity contribution in [1.82, 2.24) is 10.3 Å². The molecule has 21 heavy (non-hydrogen) atoms. The fraction of sp³-hybridized carbons (Fsp3) is 0.333. The second kappa shape index (κ2) is 7.85. The summed E-state index contributed by atoms with van der Waals surface area (Å²) in [6, 6.07) is 6.37. The Bertz CT molecular complexity index is 601. The van der Waals surface area contributed by atoms with Gasteiger partial charge in [0.1, 0.15) is 17.4 Å². The first-order valence-electron chi connectivity index (χ1n) is 6.74. The molecule has 0 aliphatic rings. The Morgan fingerprint density at radius 2 is 2.33 bits per heavy atom. The maximum absolute atomic E-state index is 13.2. The average Bonchev–Trinajstić information content (AvgIpc) is 2.94. The summed E-state index contributed by atoms with van der Waals surface area (Å²) < 4.78 is 18.2. The Morgan fingerprint density at radius 1 is 1.48 bits per heavy atom. The Kier molecular flexibility index (Phi) is 5.83. The summed E-state index contributed by atoms with van der Waals surface area (Å²) >= 11 is 1.47. The lowest BCUT2D eigenvalue weighted by molar-refractivity contribution is -0.125. The van der Waals surface area contributed by atoms with Gasteiger partial charge >= 0.3 is 0 Å². The van der Waals surface area contributed by atoms with Crippen molar-refractivity contribution in [2.75, 3.05) is 19.8 Å². The molecule has 0 spiro atoms. The summed E-state index contributed by atoms with van der Waals surface area (Å²) in [5.41, 5.74) is 1.66. The predicted octanol–water partition coefficient (Wildman–Crippen LogP) is 2.64. The van der Waals surface area contributed by atoms with Crippen LogP contribution in [0.1, 0.15) is 12.6 Å². The number of benzene rings is 1. The molecular formula is C15H17FN2O2S. The summed E-state index contributed by atoms with van der Waals surface area (Å²) in [4.78, 5) is 15.8. The van der Waals surface area contributed by atoms with Gasteiger partial charge in [-0.05, 0) is 19.1 Å². The first-order chi connectivity index (χ1) is 10.2. The zero-order valence-corrected chi connectivity index (χ0v) is 12.6. The molecule has 1 N–H and O–H groups in total. The predicted molar refractivity (Wildman–Crippen MR) is 80.7 cm³/mol. The molecule has 1 heterocycles. The summed E-state index contributed by atoms with van der Waals surface area (Å²) in [7, 11) is 0. The molecule has 6 heteroatoms. The van der Waals surface area contributed by atoms with Crippen molar-refractivity contribution in [3.05, 3.63) is 41.2 Å². The summed E-state index contributed by atoms with van der Waals surface area (Å²) in [6.07, 6.45) is 0.643. The lowest BCUT2D eigenvalue weighted by Crippen LogP contribution is -2.29. The molecule has 1 aromatic carbocycles. The monoisotopic (exact) mass is 308 g/mol. The van der Waals surface area contributed by atoms with Gasteiger partial charge in [0.2, 0.25) is 5.91 Å². The van der Waals surface area contributed by atoms with Crippen LogP contribution in [-0.2, 0) is 16.0 Å². The van der Waals surface area contributed by atoms with E-state index in [9.17, 15) is 9.18 Å². The number of carbonyl (C=O) groups is 1. The topological polar surface area (TPSA) is 51.2 Å². The molecule has 1 amide bonds. The van der Waals surface area contributed by atoms with Crippen LogP contribution in [0.5, 0.6) is 0 Å². The molecule has 0 saturated heterocycles. The molecular weight excluding hydrogens is 291 g/mol. The minimum absolute atomic E-state index is 0.0854. The van der Waals surface area contributed by atoms with Crippen molar-refractivity contribution in [2.24, 2.45) is 0 Å². The molecule has 2 aromatic rings. The highest BCUT2D eigenvalue weighted by atomic mass is 32.1. The maximum Gasteiger partial charge on any atom is 0.246 e. The van der Waals surface area contributed by atoms with Gasteiger partial charge < -0.3 is 10.1 Å². The highest BCUT2D eigenvalue weighted by Crippen LogP contribution is 2.24. The number of hydrogen-bond acceptors (Lipinski definition) is 4. The number of nitrogens with zero attached hydrogens (tertiary/aromatic N) is 1. The van der Waals surface area contributed by atoms with Crippen molar-refractivity contribution >= 4 is 17.2 Å². The van der Waals surface area contributed by atoms with E-state index in [4.69, 9.17) is 4.74 Å². The molecule has 0 aliphatic heterocycles. The SMILES string of the molecule is CCOCC(=O)NCCc1csc(-c2cccc(F)c2)n1. The third kappa shape index (κ3) is 4.91. The maximum atomic E-state index is 13.2. The van der Waals surface area contributed by atoms with Crippen LogP contribution >= 0.6 is 11.3 Å². The van der Waals surface area contributed by atoms with Gasteiger partial charge in [0.05, 0.1) is 5.69 Å². The van der Waals surface area contributed by atoms with Gasteiger partial charge in [-0.25, -0.2) is 9.37 Å². The number of halogens is 1. The molecule has 0 fully saturated rings. The fourth-order valence-corrected chi connectivity index (χ4v) is 2.60. The molecule has 4 nitrogen and oxygen atoms in total. The van der Waals surface area contributed by atoms with Crippen molar-refractivity contribution in [3.63, 3.8) is 0 Å². The van der Waals surface area contributed by atoms with E-state index >= 15 is 0 Å². The van der Waals surface area contributed by atoms with E-state index in [1.807, 2.05) is 18.4 Å². The minimum atomic E-state index is -0.271. The molecule has 2 rings (SSSR count). The molecule has 0 saturated carbocycles. The van der Waals surface area contributed by atoms with Crippen molar-refractivity contribution in [1.29, 1.82) is 0 Å². The third-order valence-electron chi connectivity index (χ3n) is 2.76. The van der Waals surface area contributed by atoms with Crippen LogP contribution in [0.3, 0.4) is 0 Å². The van der Waals surface area contributed by atoms with Crippen LogP contribution in [-0.4, -0.2) is 30.6 Å². The van der Waals surface area contributed by atoms with E-state index < -0.39 is 0 Å². The molecule has 0 aliphatic carbocycles. The van der Waals surface area contributed by atoms with Gasteiger partial charge in [-0.1, -0.05) is 12.1 Å². The van der Waals surface area contributed by atoms with Crippen LogP contribution in [0.4, 0.5) is 4.39 Å². The quantitative estimate of drug-likeness (QED) is 0.855. The second-order valence-corrected chi connectivity index (χ2v) is 5.25. The van der Waals surface area contributed by atoms with E-state index in [-0.39, 0.29) is 18.3 Å². The average molecular weight is 308 g/mol. The first kappa shape index (κ1) is 15.6. The number of aromatic nitrogens is 1. The van der Waals surface area contributed by atoms with E-state index in [1.54, 1.807) is 6.07 Å². The molecule has 1 aromatic heterocycles. The van der Waals surface area contributed by atoms with E-state index in [2.05, 4.69) is 10.3 Å². The number of amides is 1. The molecule has 0 bridgehead atoms. The Balaban J connectivity index is 1.85. The van der Waals surface area contributed by atoms with Gasteiger partial charge in [0, 0.05) is 30.5 Å². The molecule has 0 unspecified atom stereocenters. The van der Waals surface area contributed by atoms with Crippen LogP contribution in [0.25, 0.3) is 10.6 Å². The Labute approximate surface area is 127 Å². The lowest BCUT2D eigenvalue weighted by atomic mass is 10.2. The van der Waals surface area contributed by atoms with Crippen molar-refractivity contribution in [3.8, 4) is 10.6 Å². The number of nitrogens with one attached hydrogen (secondary N) is 1. The van der Waals surface area contributed by atoms with Crippen LogP contribution in [0.15, 0.2) is 29.6 Å². The molecule has 112 valence electrons. The fourth-order valence-electron chi connectivity index (χ4n) is 1.75. The second-order valence-electron chi connectivity index (χ2n) is 4.39. The van der Waals surface area contributed by atoms with Crippen LogP contribution in [0.2, 0.25) is 0 Å². The van der Waals surface area contributed by atoms with Gasteiger partial charge in [-0.3, -0.25) is 4.79 Å². The standard InChI is InChI=1S/C15H17FN2O2S/c1-2-20-9-14(19)17-7-6-13-10-21-15(18-13)11-4-3-5-12(16)8-11/h3-5,8,10H,2,6-7,9H2,1H3,(H,17,19). The van der Waals surface area contributed by atoms with E-state index in [1.165, 1.54) is 23.5 Å². The number of carbonyl (C=O) groups excluding carboxylic acids is 1. The summed E-state index contributed by atoms with van der Waals surface area (Å²) in [5, 5.41) is 5.47. The van der Waals surface area contributed by atoms with Crippen LogP contribution in [0, 0.1) is 5.82 Å². The number of ether oxygens (including phenoxy) is 1. The normalized spacial score (nSPS) is 10.6. The van der Waals surface area contributed by atoms with Crippen LogP contribution < -0.4 is 5.32 Å². The lowest BCUT2D eigenvalue weighted by Gasteiger charge is -2.03. The highest BCUT2D eigenvalue weighted by molar-refractivity contribution is 7.13. The summed E-state index contributed by atoms with van der Waals surface area (Å²) in [5.74, 6) is -0.398. The number of hydrogen-bond donors (Lipinski definition) is 1. The van der Waals surface area contributed by atoms with Gasteiger partial charge in [0.25, 0.3) is 0 Å². The Morgan fingerprint density at radius 3 is 3.10 bits per heavy atom. The zero-order chi connectivity index (χ0) is 15.1. The van der Waals surface area contributed by atoms with E-state index in [0.29, 0.717) is 19.6 Å². The van der Waals surface area contributed by atoms with Crippen molar-refractivity contribution < 1.29 is 13.9 Å². The van der Waals surface area contributed by atoms with E-state index in [0.717, 1.165) is 16.3 Å². The van der Waals surface area contributed by atoms with Gasteiger partial charge in [0.15, 0.2) is 0 Å². The number of rotatable bonds is 7. The van der Waals surface area contributed by atoms with Crippen molar-refractivity contribution in [2.45, 2.75) is 13.3 Å². The Hall–Kier alpha value is -1.79. The van der Waals surface area contributed by atoms with Gasteiger partial charge in [-0.2, -0.15) is 0 Å². The zero-order valence-electron chi connectivity index (χ0n) is 11.8. The highest BCUT2D eigenvalue weighted by Gasteiger charge is 2.06. The first-order valence-corrected chi connectivity index (χ1v) is 7.61.